The largest absolute Gasteiger partial charge is 1.00 e. The number of aliphatic carboxylic acids is 1. The van der Waals surface area contributed by atoms with Gasteiger partial charge in [0.05, 0.1) is 12.5 Å². The molecule has 0 saturated carbocycles. The smallest absolute Gasteiger partial charge is 0.548 e. The van der Waals surface area contributed by atoms with Crippen molar-refractivity contribution in [2.45, 2.75) is 20.0 Å². The summed E-state index contributed by atoms with van der Waals surface area (Å²) < 4.78 is 4.85. The molecule has 0 aliphatic heterocycles. The van der Waals surface area contributed by atoms with Crippen molar-refractivity contribution < 1.29 is 54.1 Å². The fourth-order valence-corrected chi connectivity index (χ4v) is 1.77. The van der Waals surface area contributed by atoms with Crippen LogP contribution in [-0.2, 0) is 14.3 Å². The first-order valence-corrected chi connectivity index (χ1v) is 6.81. The van der Waals surface area contributed by atoms with Crippen molar-refractivity contribution >= 4 is 17.6 Å². The van der Waals surface area contributed by atoms with E-state index in [9.17, 15) is 19.8 Å². The van der Waals surface area contributed by atoms with Crippen LogP contribution >= 0.6 is 0 Å². The molecule has 120 valence electrons. The van der Waals surface area contributed by atoms with Gasteiger partial charge in [0, 0.05) is 17.8 Å². The second-order valence-corrected chi connectivity index (χ2v) is 5.12. The molecule has 1 rings (SSSR count). The van der Waals surface area contributed by atoms with E-state index in [4.69, 9.17) is 4.74 Å². The van der Waals surface area contributed by atoms with Gasteiger partial charge in [-0.2, -0.15) is 0 Å². The van der Waals surface area contributed by atoms with Crippen molar-refractivity contribution in [1.82, 2.24) is 0 Å². The summed E-state index contributed by atoms with van der Waals surface area (Å²) in [7, 11) is 0. The third kappa shape index (κ3) is 8.18. The van der Waals surface area contributed by atoms with Crippen molar-refractivity contribution in [3.63, 3.8) is 0 Å². The number of esters is 1. The molecule has 0 aliphatic carbocycles. The van der Waals surface area contributed by atoms with Gasteiger partial charge in [0.25, 0.3) is 0 Å². The predicted octanol–water partition coefficient (Wildman–Crippen LogP) is -2.96. The molecular formula is C16H20NNaO5. The predicted molar refractivity (Wildman–Crippen MR) is 80.2 cm³/mol. The Bertz CT molecular complexity index is 544. The minimum absolute atomic E-state index is 0. The molecule has 0 spiro atoms. The molecule has 0 fully saturated rings. The Morgan fingerprint density at radius 3 is 2.39 bits per heavy atom. The van der Waals surface area contributed by atoms with E-state index >= 15 is 0 Å². The number of hydrogen-bond acceptors (Lipinski definition) is 6. The van der Waals surface area contributed by atoms with Gasteiger partial charge >= 0.3 is 35.5 Å². The van der Waals surface area contributed by atoms with Gasteiger partial charge in [-0.05, 0) is 26.0 Å². The number of aliphatic hydroxyl groups excluding tert-OH is 1. The maximum absolute atomic E-state index is 11.3. The zero-order valence-corrected chi connectivity index (χ0v) is 15.7. The van der Waals surface area contributed by atoms with Crippen LogP contribution in [0.15, 0.2) is 36.4 Å². The van der Waals surface area contributed by atoms with Crippen LogP contribution in [0.5, 0.6) is 0 Å². The number of ether oxygens (including phenoxy) is 1. The van der Waals surface area contributed by atoms with E-state index in [1.807, 2.05) is 19.1 Å². The number of rotatable bonds is 8. The average molecular weight is 329 g/mol. The molecule has 0 radical (unpaired) electrons. The van der Waals surface area contributed by atoms with Gasteiger partial charge in [0.1, 0.15) is 12.7 Å². The van der Waals surface area contributed by atoms with Crippen LogP contribution in [0.1, 0.15) is 12.5 Å². The van der Waals surface area contributed by atoms with Gasteiger partial charge in [0.2, 0.25) is 0 Å². The molecule has 0 saturated heterocycles. The fourth-order valence-electron chi connectivity index (χ4n) is 1.77. The molecule has 1 aromatic carbocycles. The van der Waals surface area contributed by atoms with Crippen molar-refractivity contribution in [3.8, 4) is 0 Å². The summed E-state index contributed by atoms with van der Waals surface area (Å²) in [5.41, 5.74) is 1.91. The molecule has 0 bridgehead atoms. The zero-order valence-electron chi connectivity index (χ0n) is 13.7. The van der Waals surface area contributed by atoms with E-state index in [0.29, 0.717) is 5.69 Å². The van der Waals surface area contributed by atoms with E-state index in [1.165, 1.54) is 11.8 Å². The summed E-state index contributed by atoms with van der Waals surface area (Å²) in [5, 5.41) is 20.8. The molecular weight excluding hydrogens is 309 g/mol. The summed E-state index contributed by atoms with van der Waals surface area (Å²) in [5.74, 6) is -1.85. The Morgan fingerprint density at radius 1 is 1.35 bits per heavy atom. The molecule has 23 heavy (non-hydrogen) atoms. The Labute approximate surface area is 158 Å². The zero-order chi connectivity index (χ0) is 16.7. The quantitative estimate of drug-likeness (QED) is 0.311. The molecule has 0 amide bonds. The molecule has 7 heteroatoms. The van der Waals surface area contributed by atoms with E-state index in [1.54, 1.807) is 12.1 Å². The second-order valence-electron chi connectivity index (χ2n) is 5.12. The SMILES string of the molecule is C=C(C)C(=O)OCC(O)CN(CC(=O)[O-])c1ccc(C)cc1.[Na+]. The molecule has 0 aromatic heterocycles. The molecule has 1 unspecified atom stereocenters. The summed E-state index contributed by atoms with van der Waals surface area (Å²) in [6.45, 7) is 6.25. The number of aryl methyl sites for hydroxylation is 1. The Kier molecular flexibility index (Phi) is 9.83. The number of hydrogen-bond donors (Lipinski definition) is 1. The van der Waals surface area contributed by atoms with Crippen LogP contribution in [0, 0.1) is 6.92 Å². The third-order valence-corrected chi connectivity index (χ3v) is 2.91. The average Bonchev–Trinajstić information content (AvgIpc) is 2.44. The van der Waals surface area contributed by atoms with Gasteiger partial charge in [-0.1, -0.05) is 24.3 Å². The summed E-state index contributed by atoms with van der Waals surface area (Å²) in [6.07, 6.45) is -1.02. The molecule has 6 nitrogen and oxygen atoms in total. The standard InChI is InChI=1S/C16H21NO5.Na/c1-11(2)16(21)22-10-14(18)8-17(9-15(19)20)13-6-4-12(3)5-7-13;/h4-7,14,18H,1,8-10H2,2-3H3,(H,19,20);/q;+1/p-1. The third-order valence-electron chi connectivity index (χ3n) is 2.91. The van der Waals surface area contributed by atoms with Crippen LogP contribution in [-0.4, -0.2) is 42.8 Å². The summed E-state index contributed by atoms with van der Waals surface area (Å²) in [4.78, 5) is 23.6. The number of carboxylic acids is 1. The van der Waals surface area contributed by atoms with Gasteiger partial charge < -0.3 is 24.6 Å². The number of nitrogens with zero attached hydrogens (tertiary/aromatic N) is 1. The number of aliphatic hydroxyl groups is 1. The van der Waals surface area contributed by atoms with Crippen molar-refractivity contribution in [2.24, 2.45) is 0 Å². The van der Waals surface area contributed by atoms with Gasteiger partial charge in [-0.3, -0.25) is 0 Å². The Balaban J connectivity index is 0.00000484. The molecule has 1 atom stereocenters. The van der Waals surface area contributed by atoms with Crippen molar-refractivity contribution in [3.05, 3.63) is 42.0 Å². The van der Waals surface area contributed by atoms with Crippen LogP contribution in [0.2, 0.25) is 0 Å². The number of carboxylic acid groups (broad SMARTS) is 1. The van der Waals surface area contributed by atoms with Crippen molar-refractivity contribution in [2.75, 3.05) is 24.6 Å². The van der Waals surface area contributed by atoms with E-state index in [-0.39, 0.29) is 54.8 Å². The summed E-state index contributed by atoms with van der Waals surface area (Å²) in [6, 6.07) is 7.19. The normalized spacial score (nSPS) is 11.1. The minimum Gasteiger partial charge on any atom is -0.548 e. The monoisotopic (exact) mass is 329 g/mol. The second kappa shape index (κ2) is 10.4. The number of benzene rings is 1. The van der Waals surface area contributed by atoms with E-state index in [2.05, 4.69) is 6.58 Å². The van der Waals surface area contributed by atoms with E-state index in [0.717, 1.165) is 5.56 Å². The Hall–Kier alpha value is -1.34. The van der Waals surface area contributed by atoms with Gasteiger partial charge in [-0.15, -0.1) is 0 Å². The maximum atomic E-state index is 11.3. The first-order chi connectivity index (χ1) is 10.3. The Morgan fingerprint density at radius 2 is 1.91 bits per heavy atom. The topological polar surface area (TPSA) is 89.9 Å². The van der Waals surface area contributed by atoms with Crippen molar-refractivity contribution in [1.29, 1.82) is 0 Å². The van der Waals surface area contributed by atoms with Crippen LogP contribution in [0.25, 0.3) is 0 Å². The molecule has 0 heterocycles. The first-order valence-electron chi connectivity index (χ1n) is 6.81. The molecule has 1 aromatic rings. The minimum atomic E-state index is -1.26. The fraction of sp³-hybridized carbons (Fsp3) is 0.375. The maximum Gasteiger partial charge on any atom is 1.00 e. The molecule has 1 N–H and O–H groups in total. The van der Waals surface area contributed by atoms with Gasteiger partial charge in [-0.25, -0.2) is 4.79 Å². The summed E-state index contributed by atoms with van der Waals surface area (Å²) >= 11 is 0. The molecule has 0 aliphatic rings. The van der Waals surface area contributed by atoms with Gasteiger partial charge in [0.15, 0.2) is 0 Å². The first kappa shape index (κ1) is 21.7. The van der Waals surface area contributed by atoms with E-state index < -0.39 is 18.0 Å². The van der Waals surface area contributed by atoms with Crippen LogP contribution < -0.4 is 39.6 Å². The number of carbonyl (C=O) groups is 2. The number of anilines is 1. The number of carbonyl (C=O) groups excluding carboxylic acids is 2. The van der Waals surface area contributed by atoms with Crippen LogP contribution in [0.3, 0.4) is 0 Å². The van der Waals surface area contributed by atoms with Crippen LogP contribution in [0.4, 0.5) is 5.69 Å².